The molecule has 0 N–H and O–H groups in total. The Kier molecular flexibility index (Phi) is 8.20. The monoisotopic (exact) mass is 668 g/mol. The summed E-state index contributed by atoms with van der Waals surface area (Å²) in [6.07, 6.45) is 5.38. The first-order valence-electron chi connectivity index (χ1n) is 18.4. The van der Waals surface area contributed by atoms with Crippen molar-refractivity contribution >= 4 is 11.9 Å². The van der Waals surface area contributed by atoms with Gasteiger partial charge in [0, 0.05) is 27.7 Å². The summed E-state index contributed by atoms with van der Waals surface area (Å²) in [7, 11) is 0. The zero-order valence-electron chi connectivity index (χ0n) is 31.6. The molecule has 0 amide bonds. The van der Waals surface area contributed by atoms with Gasteiger partial charge in [0.05, 0.1) is 0 Å². The van der Waals surface area contributed by atoms with Crippen molar-refractivity contribution < 1.29 is 19.1 Å². The Morgan fingerprint density at radius 2 is 0.940 bits per heavy atom. The summed E-state index contributed by atoms with van der Waals surface area (Å²) in [6, 6.07) is 22.0. The molecule has 0 saturated heterocycles. The average Bonchev–Trinajstić information content (AvgIpc) is 3.57. The predicted molar refractivity (Wildman–Crippen MR) is 201 cm³/mol. The van der Waals surface area contributed by atoms with Crippen LogP contribution in [0.5, 0.6) is 11.5 Å². The van der Waals surface area contributed by atoms with Crippen LogP contribution in [0.4, 0.5) is 0 Å². The molecule has 2 aliphatic heterocycles. The summed E-state index contributed by atoms with van der Waals surface area (Å²) in [5.74, 6) is 0.0795. The maximum Gasteiger partial charge on any atom is 0.323 e. The minimum atomic E-state index is -0.476. The SMILES string of the molecule is Cc1ccc(C2C(=O)Oc3c2cc(C2(c4cc5c(c(C(C)(C)C)c4)OC(=O)C5c4ccc(C)c(C)c4)CCCCC2)cc3C(C)(C)C)cc1C. The van der Waals surface area contributed by atoms with Crippen molar-refractivity contribution in [2.24, 2.45) is 0 Å². The molecule has 4 heteroatoms. The van der Waals surface area contributed by atoms with E-state index in [1.807, 2.05) is 0 Å². The fraction of sp³-hybridized carbons (Fsp3) is 0.435. The van der Waals surface area contributed by atoms with Crippen LogP contribution >= 0.6 is 0 Å². The van der Waals surface area contributed by atoms with E-state index in [2.05, 4.69) is 130 Å². The highest BCUT2D eigenvalue weighted by Crippen LogP contribution is 2.54. The van der Waals surface area contributed by atoms with Crippen molar-refractivity contribution in [3.05, 3.63) is 127 Å². The van der Waals surface area contributed by atoms with Crippen LogP contribution in [0.3, 0.4) is 0 Å². The van der Waals surface area contributed by atoms with E-state index in [-0.39, 0.29) is 28.2 Å². The molecular formula is C46H52O4. The highest BCUT2D eigenvalue weighted by molar-refractivity contribution is 5.92. The minimum absolute atomic E-state index is 0.206. The second kappa shape index (κ2) is 12.0. The van der Waals surface area contributed by atoms with E-state index in [1.54, 1.807) is 0 Å². The van der Waals surface area contributed by atoms with Gasteiger partial charge in [-0.15, -0.1) is 0 Å². The fourth-order valence-corrected chi connectivity index (χ4v) is 8.62. The lowest BCUT2D eigenvalue weighted by Gasteiger charge is -2.41. The zero-order chi connectivity index (χ0) is 35.9. The molecule has 0 radical (unpaired) electrons. The summed E-state index contributed by atoms with van der Waals surface area (Å²) >= 11 is 0. The zero-order valence-corrected chi connectivity index (χ0v) is 31.6. The molecule has 4 aromatic carbocycles. The molecule has 0 bridgehead atoms. The molecule has 2 atom stereocenters. The Balaban J connectivity index is 1.49. The molecule has 1 fully saturated rings. The number of ether oxygens (including phenoxy) is 2. The number of hydrogen-bond acceptors (Lipinski definition) is 4. The molecule has 4 aromatic rings. The first-order valence-corrected chi connectivity index (χ1v) is 18.4. The predicted octanol–water partition coefficient (Wildman–Crippen LogP) is 10.9. The summed E-state index contributed by atoms with van der Waals surface area (Å²) in [5.41, 5.74) is 12.4. The summed E-state index contributed by atoms with van der Waals surface area (Å²) in [4.78, 5) is 27.6. The van der Waals surface area contributed by atoms with Crippen LogP contribution in [0.1, 0.15) is 152 Å². The third-order valence-electron chi connectivity index (χ3n) is 11.9. The molecule has 3 aliphatic rings. The lowest BCUT2D eigenvalue weighted by molar-refractivity contribution is -0.134. The molecule has 1 aliphatic carbocycles. The molecular weight excluding hydrogens is 617 g/mol. The van der Waals surface area contributed by atoms with Gasteiger partial charge in [0.1, 0.15) is 23.3 Å². The van der Waals surface area contributed by atoms with E-state index < -0.39 is 11.8 Å². The highest BCUT2D eigenvalue weighted by atomic mass is 16.5. The summed E-state index contributed by atoms with van der Waals surface area (Å²) in [6.45, 7) is 21.7. The number of rotatable bonds is 4. The smallest absolute Gasteiger partial charge is 0.323 e. The number of carbonyl (C=O) groups excluding carboxylic acids is 2. The molecule has 1 saturated carbocycles. The summed E-state index contributed by atoms with van der Waals surface area (Å²) in [5, 5.41) is 0. The van der Waals surface area contributed by atoms with Crippen LogP contribution in [-0.2, 0) is 25.8 Å². The van der Waals surface area contributed by atoms with Crippen LogP contribution in [0.2, 0.25) is 0 Å². The van der Waals surface area contributed by atoms with E-state index in [1.165, 1.54) is 39.8 Å². The van der Waals surface area contributed by atoms with Crippen LogP contribution in [0.25, 0.3) is 0 Å². The first-order chi connectivity index (χ1) is 23.5. The average molecular weight is 669 g/mol. The molecule has 0 aromatic heterocycles. The fourth-order valence-electron chi connectivity index (χ4n) is 8.62. The second-order valence-electron chi connectivity index (χ2n) is 17.4. The van der Waals surface area contributed by atoms with E-state index in [9.17, 15) is 9.59 Å². The Bertz CT molecular complexity index is 1900. The highest BCUT2D eigenvalue weighted by Gasteiger charge is 2.45. The van der Waals surface area contributed by atoms with Crippen molar-refractivity contribution in [3.8, 4) is 11.5 Å². The Morgan fingerprint density at radius 3 is 1.30 bits per heavy atom. The van der Waals surface area contributed by atoms with Gasteiger partial charge < -0.3 is 9.47 Å². The second-order valence-corrected chi connectivity index (χ2v) is 17.4. The molecule has 2 heterocycles. The van der Waals surface area contributed by atoms with Gasteiger partial charge in [-0.2, -0.15) is 0 Å². The van der Waals surface area contributed by atoms with E-state index in [4.69, 9.17) is 9.47 Å². The molecule has 0 spiro atoms. The quantitative estimate of drug-likeness (QED) is 0.160. The van der Waals surface area contributed by atoms with Crippen molar-refractivity contribution in [3.63, 3.8) is 0 Å². The molecule has 7 rings (SSSR count). The van der Waals surface area contributed by atoms with Gasteiger partial charge in [-0.1, -0.05) is 109 Å². The van der Waals surface area contributed by atoms with Gasteiger partial charge >= 0.3 is 11.9 Å². The van der Waals surface area contributed by atoms with Crippen LogP contribution in [-0.4, -0.2) is 11.9 Å². The normalized spacial score (nSPS) is 20.0. The van der Waals surface area contributed by atoms with Crippen LogP contribution in [0, 0.1) is 27.7 Å². The Hall–Kier alpha value is -4.18. The third kappa shape index (κ3) is 5.60. The van der Waals surface area contributed by atoms with Crippen molar-refractivity contribution in [1.82, 2.24) is 0 Å². The molecule has 50 heavy (non-hydrogen) atoms. The first kappa shape index (κ1) is 34.3. The van der Waals surface area contributed by atoms with Crippen LogP contribution < -0.4 is 9.47 Å². The maximum atomic E-state index is 13.8. The van der Waals surface area contributed by atoms with Gasteiger partial charge in [-0.3, -0.25) is 9.59 Å². The topological polar surface area (TPSA) is 52.6 Å². The lowest BCUT2D eigenvalue weighted by atomic mass is 9.63. The van der Waals surface area contributed by atoms with Gasteiger partial charge in [-0.05, 0) is 108 Å². The number of fused-ring (bicyclic) bond motifs is 2. The van der Waals surface area contributed by atoms with Gasteiger partial charge in [0.15, 0.2) is 0 Å². The van der Waals surface area contributed by atoms with Crippen molar-refractivity contribution in [2.45, 2.75) is 129 Å². The van der Waals surface area contributed by atoms with Gasteiger partial charge in [0.25, 0.3) is 0 Å². The van der Waals surface area contributed by atoms with Crippen molar-refractivity contribution in [2.75, 3.05) is 0 Å². The number of aryl methyl sites for hydroxylation is 4. The van der Waals surface area contributed by atoms with E-state index in [0.29, 0.717) is 0 Å². The van der Waals surface area contributed by atoms with E-state index in [0.717, 1.165) is 70.6 Å². The molecule has 2 unspecified atom stereocenters. The Morgan fingerprint density at radius 1 is 0.540 bits per heavy atom. The van der Waals surface area contributed by atoms with Gasteiger partial charge in [0.2, 0.25) is 0 Å². The number of carbonyl (C=O) groups is 2. The Labute approximate surface area is 298 Å². The lowest BCUT2D eigenvalue weighted by Crippen LogP contribution is -2.32. The van der Waals surface area contributed by atoms with Crippen LogP contribution in [0.15, 0.2) is 60.7 Å². The standard InChI is InChI=1S/C46H52O4/c1-26-14-16-30(20-28(26)3)38-34-22-32(24-36(44(5,6)7)40(34)49-42(38)47)46(18-12-11-13-19-46)33-23-35-39(31-17-15-27(2)29(4)21-31)43(48)50-41(35)37(25-33)45(8,9)10/h14-17,20-25,38-39H,11-13,18-19H2,1-10H3. The molecule has 4 nitrogen and oxygen atoms in total. The van der Waals surface area contributed by atoms with Crippen molar-refractivity contribution in [1.29, 1.82) is 0 Å². The maximum absolute atomic E-state index is 13.8. The van der Waals surface area contributed by atoms with Gasteiger partial charge in [-0.25, -0.2) is 0 Å². The third-order valence-corrected chi connectivity index (χ3v) is 11.9. The molecule has 260 valence electrons. The van der Waals surface area contributed by atoms with E-state index >= 15 is 0 Å². The number of benzene rings is 4. The largest absolute Gasteiger partial charge is 0.425 e. The number of hydrogen-bond donors (Lipinski definition) is 0. The minimum Gasteiger partial charge on any atom is -0.425 e. The number of esters is 2. The summed E-state index contributed by atoms with van der Waals surface area (Å²) < 4.78 is 12.4.